The fourth-order valence-electron chi connectivity index (χ4n) is 1.73. The van der Waals surface area contributed by atoms with Crippen LogP contribution >= 0.6 is 15.9 Å². The third-order valence-electron chi connectivity index (χ3n) is 2.91. The molecule has 0 heterocycles. The van der Waals surface area contributed by atoms with Gasteiger partial charge in [-0.3, -0.25) is 4.79 Å². The zero-order valence-corrected chi connectivity index (χ0v) is 13.7. The van der Waals surface area contributed by atoms with Gasteiger partial charge in [0.1, 0.15) is 11.8 Å². The first-order chi connectivity index (χ1) is 9.25. The molecule has 1 N–H and O–H groups in total. The number of carboxylic acids is 1. The van der Waals surface area contributed by atoms with E-state index in [4.69, 9.17) is 9.84 Å². The average molecular weight is 366 g/mol. The van der Waals surface area contributed by atoms with E-state index in [2.05, 4.69) is 15.9 Å². The van der Waals surface area contributed by atoms with E-state index < -0.39 is 22.0 Å². The lowest BCUT2D eigenvalue weighted by molar-refractivity contribution is -0.141. The number of hydrogen-bond donors (Lipinski definition) is 1. The molecule has 0 saturated carbocycles. The Bertz CT molecular complexity index is 602. The molecule has 0 saturated heterocycles. The molecule has 1 atom stereocenters. The Balaban J connectivity index is 3.22. The SMILES string of the molecule is CCC(C(=O)O)N(C)S(=O)(=O)c1ccc(OC)c(Br)c1. The summed E-state index contributed by atoms with van der Waals surface area (Å²) in [6.45, 7) is 1.62. The Hall–Kier alpha value is -1.12. The van der Waals surface area contributed by atoms with Crippen LogP contribution in [0.4, 0.5) is 0 Å². The Morgan fingerprint density at radius 1 is 1.50 bits per heavy atom. The topological polar surface area (TPSA) is 83.9 Å². The normalized spacial score (nSPS) is 13.2. The van der Waals surface area contributed by atoms with Crippen LogP contribution in [0.3, 0.4) is 0 Å². The standard InChI is InChI=1S/C12H16BrNO5S/c1-4-10(12(15)16)14(2)20(17,18)8-5-6-11(19-3)9(13)7-8/h5-7,10H,4H2,1-3H3,(H,15,16). The predicted molar refractivity (Wildman–Crippen MR) is 77.4 cm³/mol. The summed E-state index contributed by atoms with van der Waals surface area (Å²) >= 11 is 3.21. The van der Waals surface area contributed by atoms with E-state index >= 15 is 0 Å². The molecule has 20 heavy (non-hydrogen) atoms. The highest BCUT2D eigenvalue weighted by Gasteiger charge is 2.31. The summed E-state index contributed by atoms with van der Waals surface area (Å²) < 4.78 is 31.2. The van der Waals surface area contributed by atoms with E-state index in [1.165, 1.54) is 32.4 Å². The van der Waals surface area contributed by atoms with Crippen molar-refractivity contribution in [1.82, 2.24) is 4.31 Å². The fraction of sp³-hybridized carbons (Fsp3) is 0.417. The molecule has 0 aromatic heterocycles. The Morgan fingerprint density at radius 3 is 2.50 bits per heavy atom. The maximum absolute atomic E-state index is 12.4. The maximum atomic E-state index is 12.4. The van der Waals surface area contributed by atoms with Crippen molar-refractivity contribution in [1.29, 1.82) is 0 Å². The summed E-state index contributed by atoms with van der Waals surface area (Å²) in [5, 5.41) is 9.06. The second-order valence-corrected chi connectivity index (χ2v) is 6.93. The largest absolute Gasteiger partial charge is 0.496 e. The molecule has 112 valence electrons. The second-order valence-electron chi connectivity index (χ2n) is 4.08. The summed E-state index contributed by atoms with van der Waals surface area (Å²) in [6, 6.07) is 3.18. The van der Waals surface area contributed by atoms with Gasteiger partial charge in [-0.25, -0.2) is 8.42 Å². The van der Waals surface area contributed by atoms with Crippen molar-refractivity contribution in [3.63, 3.8) is 0 Å². The highest BCUT2D eigenvalue weighted by molar-refractivity contribution is 9.10. The van der Waals surface area contributed by atoms with Gasteiger partial charge in [0.25, 0.3) is 0 Å². The van der Waals surface area contributed by atoms with Crippen molar-refractivity contribution >= 4 is 31.9 Å². The van der Waals surface area contributed by atoms with E-state index in [0.717, 1.165) is 4.31 Å². The smallest absolute Gasteiger partial charge is 0.321 e. The summed E-state index contributed by atoms with van der Waals surface area (Å²) in [6.07, 6.45) is 0.183. The summed E-state index contributed by atoms with van der Waals surface area (Å²) in [4.78, 5) is 11.1. The van der Waals surface area contributed by atoms with Gasteiger partial charge in [0.05, 0.1) is 16.5 Å². The van der Waals surface area contributed by atoms with E-state index in [1.54, 1.807) is 6.92 Å². The minimum atomic E-state index is -3.88. The quantitative estimate of drug-likeness (QED) is 0.832. The molecule has 1 rings (SSSR count). The molecule has 8 heteroatoms. The Morgan fingerprint density at radius 2 is 2.10 bits per heavy atom. The number of carboxylic acid groups (broad SMARTS) is 1. The predicted octanol–water partition coefficient (Wildman–Crippen LogP) is 1.94. The summed E-state index contributed by atoms with van der Waals surface area (Å²) in [5.41, 5.74) is 0. The zero-order valence-electron chi connectivity index (χ0n) is 11.3. The van der Waals surface area contributed by atoms with Crippen LogP contribution in [0.2, 0.25) is 0 Å². The van der Waals surface area contributed by atoms with Crippen LogP contribution in [-0.2, 0) is 14.8 Å². The second kappa shape index (κ2) is 6.55. The number of aliphatic carboxylic acids is 1. The summed E-state index contributed by atoms with van der Waals surface area (Å²) in [5.74, 6) is -0.678. The number of nitrogens with zero attached hydrogens (tertiary/aromatic N) is 1. The molecule has 0 aliphatic heterocycles. The van der Waals surface area contributed by atoms with E-state index in [-0.39, 0.29) is 11.3 Å². The molecule has 1 unspecified atom stereocenters. The molecule has 1 aromatic carbocycles. The van der Waals surface area contributed by atoms with Crippen molar-refractivity contribution in [3.05, 3.63) is 22.7 Å². The number of halogens is 1. The average Bonchev–Trinajstić information content (AvgIpc) is 2.38. The molecule has 0 radical (unpaired) electrons. The van der Waals surface area contributed by atoms with Crippen molar-refractivity contribution in [2.75, 3.05) is 14.2 Å². The molecular formula is C12H16BrNO5S. The van der Waals surface area contributed by atoms with Crippen LogP contribution in [0.15, 0.2) is 27.6 Å². The van der Waals surface area contributed by atoms with Gasteiger partial charge in [0.15, 0.2) is 0 Å². The van der Waals surface area contributed by atoms with Gasteiger partial charge in [-0.2, -0.15) is 4.31 Å². The lowest BCUT2D eigenvalue weighted by atomic mass is 10.2. The van der Waals surface area contributed by atoms with Crippen molar-refractivity contribution < 1.29 is 23.1 Å². The van der Waals surface area contributed by atoms with Crippen LogP contribution in [0, 0.1) is 0 Å². The minimum Gasteiger partial charge on any atom is -0.496 e. The molecule has 0 spiro atoms. The highest BCUT2D eigenvalue weighted by Crippen LogP contribution is 2.29. The van der Waals surface area contributed by atoms with Gasteiger partial charge in [-0.15, -0.1) is 0 Å². The number of ether oxygens (including phenoxy) is 1. The van der Waals surface area contributed by atoms with E-state index in [9.17, 15) is 13.2 Å². The van der Waals surface area contributed by atoms with Crippen LogP contribution in [-0.4, -0.2) is 44.0 Å². The third kappa shape index (κ3) is 3.31. The highest BCUT2D eigenvalue weighted by atomic mass is 79.9. The van der Waals surface area contributed by atoms with Crippen molar-refractivity contribution in [2.45, 2.75) is 24.3 Å². The molecule has 0 bridgehead atoms. The molecule has 0 fully saturated rings. The molecule has 0 aliphatic carbocycles. The van der Waals surface area contributed by atoms with Crippen LogP contribution < -0.4 is 4.74 Å². The van der Waals surface area contributed by atoms with Gasteiger partial charge >= 0.3 is 5.97 Å². The maximum Gasteiger partial charge on any atom is 0.321 e. The lowest BCUT2D eigenvalue weighted by Crippen LogP contribution is -2.41. The number of rotatable bonds is 6. The summed E-state index contributed by atoms with van der Waals surface area (Å²) in [7, 11) is -1.15. The fourth-order valence-corrected chi connectivity index (χ4v) is 3.83. The van der Waals surface area contributed by atoms with Crippen LogP contribution in [0.1, 0.15) is 13.3 Å². The third-order valence-corrected chi connectivity index (χ3v) is 5.39. The van der Waals surface area contributed by atoms with Gasteiger partial charge in [0.2, 0.25) is 10.0 Å². The molecule has 0 aliphatic rings. The number of carbonyl (C=O) groups is 1. The molecule has 6 nitrogen and oxygen atoms in total. The van der Waals surface area contributed by atoms with Gasteiger partial charge in [0, 0.05) is 7.05 Å². The van der Waals surface area contributed by atoms with Gasteiger partial charge in [-0.1, -0.05) is 6.92 Å². The van der Waals surface area contributed by atoms with Crippen LogP contribution in [0.5, 0.6) is 5.75 Å². The van der Waals surface area contributed by atoms with Gasteiger partial charge < -0.3 is 9.84 Å². The van der Waals surface area contributed by atoms with Crippen molar-refractivity contribution in [2.24, 2.45) is 0 Å². The first kappa shape index (κ1) is 16.9. The Kier molecular flexibility index (Phi) is 5.55. The molecular weight excluding hydrogens is 350 g/mol. The lowest BCUT2D eigenvalue weighted by Gasteiger charge is -2.23. The first-order valence-corrected chi connectivity index (χ1v) is 8.03. The first-order valence-electron chi connectivity index (χ1n) is 5.80. The number of sulfonamides is 1. The van der Waals surface area contributed by atoms with Crippen molar-refractivity contribution in [3.8, 4) is 5.75 Å². The Labute approximate surface area is 126 Å². The number of benzene rings is 1. The van der Waals surface area contributed by atoms with Gasteiger partial charge in [-0.05, 0) is 40.5 Å². The zero-order chi connectivity index (χ0) is 15.5. The molecule has 1 aromatic rings. The number of methoxy groups -OCH3 is 1. The van der Waals surface area contributed by atoms with E-state index in [0.29, 0.717) is 10.2 Å². The minimum absolute atomic E-state index is 0.00683. The molecule has 0 amide bonds. The number of hydrogen-bond acceptors (Lipinski definition) is 4. The number of likely N-dealkylation sites (N-methyl/N-ethyl adjacent to an activating group) is 1. The van der Waals surface area contributed by atoms with E-state index in [1.807, 2.05) is 0 Å². The van der Waals surface area contributed by atoms with Crippen LogP contribution in [0.25, 0.3) is 0 Å². The monoisotopic (exact) mass is 365 g/mol.